The highest BCUT2D eigenvalue weighted by molar-refractivity contribution is 4.49. The molecule has 3 N–H and O–H groups in total. The number of ether oxygens (including phenoxy) is 1. The molecule has 0 spiro atoms. The molecule has 0 bridgehead atoms. The van der Waals surface area contributed by atoms with Gasteiger partial charge in [0, 0.05) is 13.7 Å². The molecule has 0 aliphatic carbocycles. The Morgan fingerprint density at radius 2 is 0.958 bits per heavy atom. The van der Waals surface area contributed by atoms with Crippen LogP contribution in [0, 0.1) is 0 Å². The summed E-state index contributed by atoms with van der Waals surface area (Å²) in [5, 5.41) is 24.0. The highest BCUT2D eigenvalue weighted by Gasteiger charge is 1.94. The number of aliphatic hydroxyl groups excluding tert-OH is 3. The second-order valence-electron chi connectivity index (χ2n) is 6.61. The number of methoxy groups -OCH3 is 1. The van der Waals surface area contributed by atoms with Crippen molar-refractivity contribution >= 4 is 0 Å². The van der Waals surface area contributed by atoms with E-state index < -0.39 is 6.10 Å². The van der Waals surface area contributed by atoms with Gasteiger partial charge in [0.1, 0.15) is 6.10 Å². The van der Waals surface area contributed by atoms with Gasteiger partial charge in [-0.25, -0.2) is 0 Å². The molecule has 0 aromatic heterocycles. The van der Waals surface area contributed by atoms with E-state index in [1.54, 1.807) is 7.11 Å². The van der Waals surface area contributed by atoms with Crippen LogP contribution in [-0.4, -0.2) is 48.4 Å². The van der Waals surface area contributed by atoms with E-state index >= 15 is 0 Å². The van der Waals surface area contributed by atoms with Gasteiger partial charge in [-0.2, -0.15) is 0 Å². The van der Waals surface area contributed by atoms with Gasteiger partial charge in [-0.15, -0.1) is 0 Å². The second-order valence-corrected chi connectivity index (χ2v) is 6.61. The topological polar surface area (TPSA) is 69.9 Å². The first-order chi connectivity index (χ1) is 11.7. The average Bonchev–Trinajstić information content (AvgIpc) is 2.62. The number of hydrogen-bond acceptors (Lipinski definition) is 4. The molecule has 0 amide bonds. The van der Waals surface area contributed by atoms with Gasteiger partial charge in [0.15, 0.2) is 0 Å². The van der Waals surface area contributed by atoms with Gasteiger partial charge >= 0.3 is 0 Å². The third kappa shape index (κ3) is 26.7. The van der Waals surface area contributed by atoms with E-state index in [2.05, 4.69) is 6.92 Å². The van der Waals surface area contributed by atoms with Crippen LogP contribution in [0.2, 0.25) is 0 Å². The minimum atomic E-state index is -0.954. The lowest BCUT2D eigenvalue weighted by molar-refractivity contribution is 0.0450. The van der Waals surface area contributed by atoms with Crippen LogP contribution in [0.1, 0.15) is 96.8 Å². The van der Waals surface area contributed by atoms with Crippen LogP contribution >= 0.6 is 0 Å². The largest absolute Gasteiger partial charge is 0.394 e. The number of rotatable bonds is 17. The lowest BCUT2D eigenvalue weighted by Crippen LogP contribution is -2.15. The van der Waals surface area contributed by atoms with Gasteiger partial charge in [-0.3, -0.25) is 0 Å². The molecule has 0 heterocycles. The molecular weight excluding hydrogens is 304 g/mol. The van der Waals surface area contributed by atoms with Gasteiger partial charge in [0.25, 0.3) is 0 Å². The smallest absolute Gasteiger partial charge is 0.100 e. The average molecular weight is 349 g/mol. The number of aliphatic hydroxyl groups is 3. The molecule has 0 aromatic carbocycles. The molecule has 0 radical (unpaired) electrons. The maximum Gasteiger partial charge on any atom is 0.100 e. The summed E-state index contributed by atoms with van der Waals surface area (Å²) < 4.78 is 5.05. The summed E-state index contributed by atoms with van der Waals surface area (Å²) in [5.41, 5.74) is 0. The molecule has 0 atom stereocenters. The maximum atomic E-state index is 8.17. The Morgan fingerprint density at radius 3 is 1.21 bits per heavy atom. The molecular formula is C20H44O4. The van der Waals surface area contributed by atoms with Gasteiger partial charge in [-0.05, 0) is 6.42 Å². The Bertz CT molecular complexity index is 180. The molecule has 0 aromatic rings. The van der Waals surface area contributed by atoms with Gasteiger partial charge in [0.2, 0.25) is 0 Å². The standard InChI is InChI=1S/C17H36O.C3H8O3/c1-3-4-5-6-7-8-9-10-11-12-13-14-15-16-17-18-2;4-1-3(6)2-5/h3-17H2,1-2H3;3-6H,1-2H2. The summed E-state index contributed by atoms with van der Waals surface area (Å²) in [4.78, 5) is 0. The third-order valence-electron chi connectivity index (χ3n) is 4.12. The normalized spacial score (nSPS) is 10.8. The predicted octanol–water partition coefficient (Wildman–Crippen LogP) is 4.45. The zero-order valence-corrected chi connectivity index (χ0v) is 16.3. The lowest BCUT2D eigenvalue weighted by Gasteiger charge is -2.03. The van der Waals surface area contributed by atoms with Crippen LogP contribution in [0.3, 0.4) is 0 Å². The summed E-state index contributed by atoms with van der Waals surface area (Å²) in [5.74, 6) is 0. The van der Waals surface area contributed by atoms with Gasteiger partial charge < -0.3 is 20.1 Å². The maximum absolute atomic E-state index is 8.17. The molecule has 0 aliphatic heterocycles. The van der Waals surface area contributed by atoms with E-state index in [-0.39, 0.29) is 13.2 Å². The molecule has 0 fully saturated rings. The van der Waals surface area contributed by atoms with Crippen molar-refractivity contribution in [2.75, 3.05) is 26.9 Å². The molecule has 0 aliphatic rings. The Morgan fingerprint density at radius 1 is 0.625 bits per heavy atom. The summed E-state index contributed by atoms with van der Waals surface area (Å²) >= 11 is 0. The fourth-order valence-electron chi connectivity index (χ4n) is 2.50. The van der Waals surface area contributed by atoms with Crippen molar-refractivity contribution in [1.82, 2.24) is 0 Å². The van der Waals surface area contributed by atoms with Crippen LogP contribution in [0.5, 0.6) is 0 Å². The molecule has 24 heavy (non-hydrogen) atoms. The van der Waals surface area contributed by atoms with Crippen LogP contribution in [-0.2, 0) is 4.74 Å². The van der Waals surface area contributed by atoms with Crippen molar-refractivity contribution in [3.63, 3.8) is 0 Å². The van der Waals surface area contributed by atoms with E-state index in [9.17, 15) is 0 Å². The van der Waals surface area contributed by atoms with E-state index in [1.165, 1.54) is 89.9 Å². The Labute approximate surface area is 150 Å². The molecule has 4 heteroatoms. The summed E-state index contributed by atoms with van der Waals surface area (Å²) in [6, 6.07) is 0. The van der Waals surface area contributed by atoms with Crippen molar-refractivity contribution in [1.29, 1.82) is 0 Å². The quantitative estimate of drug-likeness (QED) is 0.340. The highest BCUT2D eigenvalue weighted by atomic mass is 16.5. The summed E-state index contributed by atoms with van der Waals surface area (Å²) in [6.07, 6.45) is 19.0. The van der Waals surface area contributed by atoms with Crippen LogP contribution in [0.25, 0.3) is 0 Å². The van der Waals surface area contributed by atoms with E-state index in [4.69, 9.17) is 20.1 Å². The first-order valence-electron chi connectivity index (χ1n) is 10.1. The monoisotopic (exact) mass is 348 g/mol. The van der Waals surface area contributed by atoms with E-state index in [0.29, 0.717) is 0 Å². The van der Waals surface area contributed by atoms with E-state index in [0.717, 1.165) is 6.61 Å². The van der Waals surface area contributed by atoms with Crippen molar-refractivity contribution in [3.05, 3.63) is 0 Å². The minimum Gasteiger partial charge on any atom is -0.394 e. The molecule has 0 unspecified atom stereocenters. The van der Waals surface area contributed by atoms with Crippen molar-refractivity contribution in [3.8, 4) is 0 Å². The fourth-order valence-corrected chi connectivity index (χ4v) is 2.50. The molecule has 148 valence electrons. The Hall–Kier alpha value is -0.160. The molecule has 0 saturated carbocycles. The lowest BCUT2D eigenvalue weighted by atomic mass is 10.0. The summed E-state index contributed by atoms with van der Waals surface area (Å²) in [7, 11) is 1.79. The number of hydrogen-bond donors (Lipinski definition) is 3. The first kappa shape index (κ1) is 26.1. The van der Waals surface area contributed by atoms with Crippen molar-refractivity contribution < 1.29 is 20.1 Å². The first-order valence-corrected chi connectivity index (χ1v) is 10.1. The fraction of sp³-hybridized carbons (Fsp3) is 1.00. The van der Waals surface area contributed by atoms with Crippen LogP contribution in [0.4, 0.5) is 0 Å². The number of unbranched alkanes of at least 4 members (excludes halogenated alkanes) is 13. The van der Waals surface area contributed by atoms with Crippen molar-refractivity contribution in [2.24, 2.45) is 0 Å². The molecule has 0 rings (SSSR count). The Balaban J connectivity index is 0. The molecule has 0 saturated heterocycles. The third-order valence-corrected chi connectivity index (χ3v) is 4.12. The molecule has 4 nitrogen and oxygen atoms in total. The van der Waals surface area contributed by atoms with Crippen LogP contribution < -0.4 is 0 Å². The summed E-state index contributed by atoms with van der Waals surface area (Å²) in [6.45, 7) is 2.50. The zero-order chi connectivity index (χ0) is 18.3. The minimum absolute atomic E-state index is 0.365. The van der Waals surface area contributed by atoms with Gasteiger partial charge in [0.05, 0.1) is 13.2 Å². The highest BCUT2D eigenvalue weighted by Crippen LogP contribution is 2.12. The predicted molar refractivity (Wildman–Crippen MR) is 102 cm³/mol. The van der Waals surface area contributed by atoms with Crippen molar-refractivity contribution in [2.45, 2.75) is 103 Å². The second kappa shape index (κ2) is 25.1. The van der Waals surface area contributed by atoms with Crippen LogP contribution in [0.15, 0.2) is 0 Å². The van der Waals surface area contributed by atoms with E-state index in [1.807, 2.05) is 0 Å². The SMILES string of the molecule is CCCCCCCCCCCCCCCCOC.OCC(O)CO. The zero-order valence-electron chi connectivity index (χ0n) is 16.3. The Kier molecular flexibility index (Phi) is 27.3. The van der Waals surface area contributed by atoms with Gasteiger partial charge in [-0.1, -0.05) is 90.4 Å².